The number of aromatic nitrogens is 2. The van der Waals surface area contributed by atoms with Crippen LogP contribution in [0.3, 0.4) is 0 Å². The minimum Gasteiger partial charge on any atom is -0.377 e. The van der Waals surface area contributed by atoms with E-state index >= 15 is 0 Å². The molecule has 0 aliphatic carbocycles. The lowest BCUT2D eigenvalue weighted by Gasteiger charge is -2.17. The van der Waals surface area contributed by atoms with Crippen molar-refractivity contribution in [3.05, 3.63) is 47.8 Å². The van der Waals surface area contributed by atoms with Crippen LogP contribution < -0.4 is 10.6 Å². The van der Waals surface area contributed by atoms with Crippen molar-refractivity contribution in [1.29, 1.82) is 0 Å². The van der Waals surface area contributed by atoms with E-state index < -0.39 is 29.4 Å². The fourth-order valence-corrected chi connectivity index (χ4v) is 2.44. The maximum atomic E-state index is 13.4. The van der Waals surface area contributed by atoms with Crippen LogP contribution in [0.1, 0.15) is 16.1 Å². The van der Waals surface area contributed by atoms with Gasteiger partial charge in [0.05, 0.1) is 38.0 Å². The van der Waals surface area contributed by atoms with Gasteiger partial charge in [0.2, 0.25) is 5.95 Å². The SMILES string of the molecule is O=C(NC1COCCOC1)c1cnc(Nc2ccccc2)nc1C(F)(F)F. The topological polar surface area (TPSA) is 85.4 Å². The zero-order chi connectivity index (χ0) is 19.3. The normalized spacial score (nSPS) is 15.8. The molecule has 144 valence electrons. The quantitative estimate of drug-likeness (QED) is 0.845. The van der Waals surface area contributed by atoms with E-state index in [4.69, 9.17) is 9.47 Å². The summed E-state index contributed by atoms with van der Waals surface area (Å²) in [6, 6.07) is 7.95. The van der Waals surface area contributed by atoms with Crippen LogP contribution in [0.2, 0.25) is 0 Å². The van der Waals surface area contributed by atoms with Gasteiger partial charge in [-0.1, -0.05) is 18.2 Å². The molecule has 1 amide bonds. The van der Waals surface area contributed by atoms with Gasteiger partial charge in [0, 0.05) is 11.9 Å². The van der Waals surface area contributed by atoms with E-state index in [0.717, 1.165) is 6.20 Å². The molecule has 0 atom stereocenters. The molecule has 3 rings (SSSR count). The first kappa shape index (κ1) is 19.1. The van der Waals surface area contributed by atoms with Gasteiger partial charge >= 0.3 is 6.18 Å². The van der Waals surface area contributed by atoms with Crippen LogP contribution in [-0.4, -0.2) is 48.3 Å². The average Bonchev–Trinajstić information content (AvgIpc) is 2.90. The second-order valence-corrected chi connectivity index (χ2v) is 5.76. The molecule has 2 heterocycles. The van der Waals surface area contributed by atoms with Crippen LogP contribution >= 0.6 is 0 Å². The van der Waals surface area contributed by atoms with Crippen LogP contribution in [0.4, 0.5) is 24.8 Å². The van der Waals surface area contributed by atoms with Crippen LogP contribution in [-0.2, 0) is 15.7 Å². The second kappa shape index (κ2) is 8.31. The zero-order valence-electron chi connectivity index (χ0n) is 14.1. The average molecular weight is 382 g/mol. The number of anilines is 2. The maximum Gasteiger partial charge on any atom is 0.434 e. The predicted octanol–water partition coefficient (Wildman–Crippen LogP) is 2.38. The third-order valence-corrected chi connectivity index (χ3v) is 3.68. The highest BCUT2D eigenvalue weighted by atomic mass is 19.4. The predicted molar refractivity (Wildman–Crippen MR) is 89.7 cm³/mol. The molecule has 0 unspecified atom stereocenters. The molecule has 0 radical (unpaired) electrons. The van der Waals surface area contributed by atoms with E-state index in [1.165, 1.54) is 0 Å². The maximum absolute atomic E-state index is 13.4. The van der Waals surface area contributed by atoms with Crippen molar-refractivity contribution < 1.29 is 27.4 Å². The van der Waals surface area contributed by atoms with Crippen molar-refractivity contribution in [2.24, 2.45) is 0 Å². The Hall–Kier alpha value is -2.72. The van der Waals surface area contributed by atoms with Crippen molar-refractivity contribution in [2.45, 2.75) is 12.2 Å². The van der Waals surface area contributed by atoms with E-state index in [-0.39, 0.29) is 19.2 Å². The lowest BCUT2D eigenvalue weighted by molar-refractivity contribution is -0.141. The van der Waals surface area contributed by atoms with Gasteiger partial charge in [-0.3, -0.25) is 4.79 Å². The van der Waals surface area contributed by atoms with E-state index in [9.17, 15) is 18.0 Å². The Balaban J connectivity index is 1.82. The minimum atomic E-state index is -4.82. The summed E-state index contributed by atoms with van der Waals surface area (Å²) in [7, 11) is 0. The highest BCUT2D eigenvalue weighted by Crippen LogP contribution is 2.31. The summed E-state index contributed by atoms with van der Waals surface area (Å²) < 4.78 is 50.7. The summed E-state index contributed by atoms with van der Waals surface area (Å²) in [5.41, 5.74) is -1.45. The summed E-state index contributed by atoms with van der Waals surface area (Å²) in [5.74, 6) is -1.20. The van der Waals surface area contributed by atoms with Gasteiger partial charge in [0.1, 0.15) is 0 Å². The van der Waals surface area contributed by atoms with Gasteiger partial charge in [-0.25, -0.2) is 9.97 Å². The highest BCUT2D eigenvalue weighted by Gasteiger charge is 2.38. The molecule has 0 saturated carbocycles. The summed E-state index contributed by atoms with van der Waals surface area (Å²) >= 11 is 0. The van der Waals surface area contributed by atoms with Crippen molar-refractivity contribution in [1.82, 2.24) is 15.3 Å². The Morgan fingerprint density at radius 2 is 1.78 bits per heavy atom. The smallest absolute Gasteiger partial charge is 0.377 e. The number of nitrogens with one attached hydrogen (secondary N) is 2. The molecule has 0 bridgehead atoms. The van der Waals surface area contributed by atoms with E-state index in [2.05, 4.69) is 20.6 Å². The molecular weight excluding hydrogens is 365 g/mol. The minimum absolute atomic E-state index is 0.154. The standard InChI is InChI=1S/C17H17F3N4O3/c18-17(19,20)14-13(15(25)22-12-9-26-6-7-27-10-12)8-21-16(24-14)23-11-4-2-1-3-5-11/h1-5,8,12H,6-7,9-10H2,(H,22,25)(H,21,23,24). The molecule has 1 saturated heterocycles. The lowest BCUT2D eigenvalue weighted by atomic mass is 10.2. The Kier molecular flexibility index (Phi) is 5.87. The monoisotopic (exact) mass is 382 g/mol. The Morgan fingerprint density at radius 1 is 1.11 bits per heavy atom. The van der Waals surface area contributed by atoms with Gasteiger partial charge in [0.15, 0.2) is 5.69 Å². The van der Waals surface area contributed by atoms with Gasteiger partial charge in [-0.05, 0) is 12.1 Å². The molecule has 0 spiro atoms. The molecule has 1 aromatic carbocycles. The van der Waals surface area contributed by atoms with Crippen molar-refractivity contribution in [2.75, 3.05) is 31.7 Å². The number of ether oxygens (including phenoxy) is 2. The van der Waals surface area contributed by atoms with Gasteiger partial charge in [-0.2, -0.15) is 13.2 Å². The molecule has 1 aromatic heterocycles. The number of nitrogens with zero attached hydrogens (tertiary/aromatic N) is 2. The van der Waals surface area contributed by atoms with Crippen LogP contribution in [0.5, 0.6) is 0 Å². The largest absolute Gasteiger partial charge is 0.434 e. The highest BCUT2D eigenvalue weighted by molar-refractivity contribution is 5.95. The molecule has 10 heteroatoms. The van der Waals surface area contributed by atoms with Gasteiger partial charge in [0.25, 0.3) is 5.91 Å². The molecule has 1 aliphatic heterocycles. The lowest BCUT2D eigenvalue weighted by Crippen LogP contribution is -2.41. The third kappa shape index (κ3) is 5.14. The van der Waals surface area contributed by atoms with E-state index in [1.807, 2.05) is 0 Å². The van der Waals surface area contributed by atoms with Crippen LogP contribution in [0.15, 0.2) is 36.5 Å². The molecule has 1 fully saturated rings. The molecule has 27 heavy (non-hydrogen) atoms. The summed E-state index contributed by atoms with van der Waals surface area (Å²) in [6.45, 7) is 1.04. The first-order chi connectivity index (χ1) is 12.9. The number of para-hydroxylation sites is 1. The van der Waals surface area contributed by atoms with Crippen molar-refractivity contribution in [3.8, 4) is 0 Å². The van der Waals surface area contributed by atoms with E-state index in [1.54, 1.807) is 30.3 Å². The second-order valence-electron chi connectivity index (χ2n) is 5.76. The Morgan fingerprint density at radius 3 is 2.41 bits per heavy atom. The zero-order valence-corrected chi connectivity index (χ0v) is 14.1. The number of amides is 1. The number of carbonyl (C=O) groups is 1. The molecular formula is C17H17F3N4O3. The number of halogens is 3. The van der Waals surface area contributed by atoms with Crippen molar-refractivity contribution >= 4 is 17.5 Å². The van der Waals surface area contributed by atoms with Crippen molar-refractivity contribution in [3.63, 3.8) is 0 Å². The van der Waals surface area contributed by atoms with Gasteiger partial charge in [-0.15, -0.1) is 0 Å². The summed E-state index contributed by atoms with van der Waals surface area (Å²) in [4.78, 5) is 19.7. The molecule has 1 aliphatic rings. The third-order valence-electron chi connectivity index (χ3n) is 3.68. The molecule has 7 nitrogen and oxygen atoms in total. The van der Waals surface area contributed by atoms with E-state index in [0.29, 0.717) is 18.9 Å². The fourth-order valence-electron chi connectivity index (χ4n) is 2.44. The van der Waals surface area contributed by atoms with Crippen LogP contribution in [0, 0.1) is 0 Å². The molecule has 2 aromatic rings. The Bertz CT molecular complexity index is 779. The first-order valence-corrected chi connectivity index (χ1v) is 8.16. The first-order valence-electron chi connectivity index (χ1n) is 8.16. The number of benzene rings is 1. The van der Waals surface area contributed by atoms with Gasteiger partial charge < -0.3 is 20.1 Å². The van der Waals surface area contributed by atoms with Crippen LogP contribution in [0.25, 0.3) is 0 Å². The molecule has 2 N–H and O–H groups in total. The fraction of sp³-hybridized carbons (Fsp3) is 0.353. The number of alkyl halides is 3. The Labute approximate surface area is 152 Å². The number of carbonyl (C=O) groups excluding carboxylic acids is 1. The summed E-state index contributed by atoms with van der Waals surface area (Å²) in [5, 5.41) is 5.15. The summed E-state index contributed by atoms with van der Waals surface area (Å²) in [6.07, 6.45) is -3.96. The number of rotatable bonds is 4. The number of hydrogen-bond donors (Lipinski definition) is 2. The number of hydrogen-bond acceptors (Lipinski definition) is 6.